The summed E-state index contributed by atoms with van der Waals surface area (Å²) in [6.45, 7) is 0. The zero-order chi connectivity index (χ0) is 10.5. The highest BCUT2D eigenvalue weighted by Gasteiger charge is 2.43. The molecule has 0 bridgehead atoms. The third kappa shape index (κ3) is 1.65. The Balaban J connectivity index is 2.01. The molecule has 15 heavy (non-hydrogen) atoms. The lowest BCUT2D eigenvalue weighted by molar-refractivity contribution is 0.314. The fraction of sp³-hybridized carbons (Fsp3) is 0.500. The highest BCUT2D eigenvalue weighted by Crippen LogP contribution is 2.56. The molecule has 0 amide bonds. The molecule has 0 unspecified atom stereocenters. The van der Waals surface area contributed by atoms with Gasteiger partial charge in [-0.25, -0.2) is 0 Å². The van der Waals surface area contributed by atoms with Crippen molar-refractivity contribution in [3.05, 3.63) is 28.2 Å². The van der Waals surface area contributed by atoms with Crippen LogP contribution >= 0.6 is 27.7 Å². The average Bonchev–Trinajstić information content (AvgIpc) is 2.14. The smallest absolute Gasteiger partial charge is 0.0319 e. The van der Waals surface area contributed by atoms with Crippen LogP contribution in [-0.4, -0.2) is 4.75 Å². The number of fused-ring (bicyclic) bond motifs is 1. The average molecular weight is 284 g/mol. The van der Waals surface area contributed by atoms with Gasteiger partial charge in [0.15, 0.2) is 0 Å². The normalized spacial score (nSPS) is 27.2. The van der Waals surface area contributed by atoms with Crippen LogP contribution < -0.4 is 5.73 Å². The molecule has 80 valence electrons. The molecule has 0 aromatic heterocycles. The largest absolute Gasteiger partial charge is 0.324 e. The lowest BCUT2D eigenvalue weighted by atomic mass is 9.78. The van der Waals surface area contributed by atoms with Crippen LogP contribution in [0.4, 0.5) is 0 Å². The van der Waals surface area contributed by atoms with Gasteiger partial charge in [0.05, 0.1) is 0 Å². The van der Waals surface area contributed by atoms with E-state index >= 15 is 0 Å². The van der Waals surface area contributed by atoms with Crippen LogP contribution in [0.25, 0.3) is 0 Å². The van der Waals surface area contributed by atoms with E-state index in [9.17, 15) is 0 Å². The second kappa shape index (κ2) is 3.51. The lowest BCUT2D eigenvalue weighted by Crippen LogP contribution is -2.39. The summed E-state index contributed by atoms with van der Waals surface area (Å²) >= 11 is 5.59. The monoisotopic (exact) mass is 283 g/mol. The van der Waals surface area contributed by atoms with Crippen molar-refractivity contribution in [1.29, 1.82) is 0 Å². The third-order valence-corrected chi connectivity index (χ3v) is 5.63. The van der Waals surface area contributed by atoms with E-state index in [1.807, 2.05) is 0 Å². The van der Waals surface area contributed by atoms with Gasteiger partial charge in [0.2, 0.25) is 0 Å². The van der Waals surface area contributed by atoms with Gasteiger partial charge in [0.1, 0.15) is 0 Å². The molecule has 1 aliphatic carbocycles. The van der Waals surface area contributed by atoms with Crippen LogP contribution in [0, 0.1) is 0 Å². The van der Waals surface area contributed by atoms with Gasteiger partial charge in [-0.05, 0) is 37.0 Å². The predicted molar refractivity (Wildman–Crippen MR) is 68.1 cm³/mol. The number of halogens is 1. The van der Waals surface area contributed by atoms with E-state index in [2.05, 4.69) is 45.9 Å². The first-order valence-electron chi connectivity index (χ1n) is 5.43. The van der Waals surface area contributed by atoms with Crippen LogP contribution in [0.5, 0.6) is 0 Å². The Labute approximate surface area is 103 Å². The molecule has 1 atom stereocenters. The molecule has 1 aromatic rings. The zero-order valence-corrected chi connectivity index (χ0v) is 10.9. The molecular weight excluding hydrogens is 270 g/mol. The number of hydrogen-bond donors (Lipinski definition) is 1. The zero-order valence-electron chi connectivity index (χ0n) is 8.50. The van der Waals surface area contributed by atoms with Crippen LogP contribution in [0.3, 0.4) is 0 Å². The molecule has 1 nitrogen and oxygen atoms in total. The van der Waals surface area contributed by atoms with Gasteiger partial charge in [-0.15, -0.1) is 11.8 Å². The van der Waals surface area contributed by atoms with Crippen LogP contribution in [0.15, 0.2) is 27.6 Å². The number of nitrogens with two attached hydrogens (primary N) is 1. The van der Waals surface area contributed by atoms with Gasteiger partial charge in [0.25, 0.3) is 0 Å². The van der Waals surface area contributed by atoms with Gasteiger partial charge < -0.3 is 5.73 Å². The van der Waals surface area contributed by atoms with Crippen LogP contribution in [0.1, 0.15) is 37.3 Å². The van der Waals surface area contributed by atoms with Crippen LogP contribution in [-0.2, 0) is 0 Å². The molecule has 2 N–H and O–H groups in total. The van der Waals surface area contributed by atoms with E-state index < -0.39 is 0 Å². The maximum atomic E-state index is 6.25. The van der Waals surface area contributed by atoms with Gasteiger partial charge in [-0.2, -0.15) is 0 Å². The maximum absolute atomic E-state index is 6.25. The van der Waals surface area contributed by atoms with E-state index in [4.69, 9.17) is 5.73 Å². The van der Waals surface area contributed by atoms with Crippen molar-refractivity contribution >= 4 is 27.7 Å². The minimum atomic E-state index is 0.245. The number of rotatable bonds is 0. The molecule has 1 aromatic carbocycles. The maximum Gasteiger partial charge on any atom is 0.0319 e. The summed E-state index contributed by atoms with van der Waals surface area (Å²) < 4.78 is 1.64. The molecule has 0 radical (unpaired) electrons. The summed E-state index contributed by atoms with van der Waals surface area (Å²) in [6, 6.07) is 6.73. The highest BCUT2D eigenvalue weighted by molar-refractivity contribution is 9.10. The summed E-state index contributed by atoms with van der Waals surface area (Å²) in [7, 11) is 0. The van der Waals surface area contributed by atoms with Crippen LogP contribution in [0.2, 0.25) is 0 Å². The van der Waals surface area contributed by atoms with Crippen molar-refractivity contribution in [3.63, 3.8) is 0 Å². The summed E-state index contributed by atoms with van der Waals surface area (Å²) in [5.41, 5.74) is 7.59. The molecular formula is C12H14BrNS. The number of benzene rings is 1. The molecule has 3 rings (SSSR count). The first kappa shape index (κ1) is 10.2. The topological polar surface area (TPSA) is 26.0 Å². The summed E-state index contributed by atoms with van der Waals surface area (Å²) in [4.78, 5) is 1.39. The van der Waals surface area contributed by atoms with Gasteiger partial charge >= 0.3 is 0 Å². The Hall–Kier alpha value is 0.01000. The minimum absolute atomic E-state index is 0.245. The molecule has 3 heteroatoms. The molecule has 0 saturated heterocycles. The molecule has 1 heterocycles. The Kier molecular flexibility index (Phi) is 2.38. The Morgan fingerprint density at radius 2 is 2.20 bits per heavy atom. The van der Waals surface area contributed by atoms with E-state index in [0.717, 1.165) is 10.9 Å². The van der Waals surface area contributed by atoms with Gasteiger partial charge in [0, 0.05) is 20.2 Å². The van der Waals surface area contributed by atoms with E-state index in [-0.39, 0.29) is 6.04 Å². The lowest BCUT2D eigenvalue weighted by Gasteiger charge is -2.46. The predicted octanol–water partition coefficient (Wildman–Crippen LogP) is 3.87. The molecule has 1 saturated carbocycles. The quantitative estimate of drug-likeness (QED) is 0.782. The second-order valence-electron chi connectivity index (χ2n) is 4.63. The molecule has 2 aliphatic rings. The fourth-order valence-corrected chi connectivity index (χ4v) is 4.82. The van der Waals surface area contributed by atoms with Crippen molar-refractivity contribution in [2.24, 2.45) is 5.73 Å². The first-order chi connectivity index (χ1) is 7.19. The molecule has 1 aliphatic heterocycles. The Bertz CT molecular complexity index is 401. The number of thioether (sulfide) groups is 1. The summed E-state index contributed by atoms with van der Waals surface area (Å²) in [5, 5.41) is 0. The standard InChI is InChI=1S/C12H14BrNS/c13-8-2-3-9-10(14)7-12(4-1-5-12)15-11(9)6-8/h2-3,6,10H,1,4-5,7,14H2/t10-/m1/s1. The fourth-order valence-electron chi connectivity index (χ4n) is 2.57. The van der Waals surface area contributed by atoms with Crippen molar-refractivity contribution in [2.75, 3.05) is 0 Å². The third-order valence-electron chi connectivity index (χ3n) is 3.56. The number of hydrogen-bond acceptors (Lipinski definition) is 2. The SMILES string of the molecule is N[C@@H]1CC2(CCC2)Sc2cc(Br)ccc21. The van der Waals surface area contributed by atoms with Crippen molar-refractivity contribution in [3.8, 4) is 0 Å². The van der Waals surface area contributed by atoms with Crippen molar-refractivity contribution < 1.29 is 0 Å². The van der Waals surface area contributed by atoms with Gasteiger partial charge in [-0.1, -0.05) is 28.4 Å². The van der Waals surface area contributed by atoms with E-state index in [1.165, 1.54) is 29.7 Å². The summed E-state index contributed by atoms with van der Waals surface area (Å²) in [6.07, 6.45) is 5.23. The van der Waals surface area contributed by atoms with Gasteiger partial charge in [-0.3, -0.25) is 0 Å². The minimum Gasteiger partial charge on any atom is -0.324 e. The molecule has 1 fully saturated rings. The van der Waals surface area contributed by atoms with E-state index in [1.54, 1.807) is 0 Å². The Morgan fingerprint density at radius 1 is 1.40 bits per heavy atom. The highest BCUT2D eigenvalue weighted by atomic mass is 79.9. The van der Waals surface area contributed by atoms with Crippen molar-refractivity contribution in [2.45, 2.75) is 41.4 Å². The first-order valence-corrected chi connectivity index (χ1v) is 7.04. The Morgan fingerprint density at radius 3 is 2.87 bits per heavy atom. The van der Waals surface area contributed by atoms with E-state index in [0.29, 0.717) is 4.75 Å². The summed E-state index contributed by atoms with van der Waals surface area (Å²) in [5.74, 6) is 0. The van der Waals surface area contributed by atoms with Crippen molar-refractivity contribution in [1.82, 2.24) is 0 Å². The molecule has 1 spiro atoms. The second-order valence-corrected chi connectivity index (χ2v) is 7.06.